The largest absolute Gasteiger partial charge is 0.462 e. The van der Waals surface area contributed by atoms with Crippen LogP contribution in [-0.2, 0) is 32.9 Å². The van der Waals surface area contributed by atoms with Crippen molar-refractivity contribution in [3.05, 3.63) is 82.8 Å². The van der Waals surface area contributed by atoms with E-state index in [1.165, 1.54) is 37.3 Å². The molecule has 2 aromatic carbocycles. The number of carbonyl (C=O) groups is 3. The van der Waals surface area contributed by atoms with Gasteiger partial charge < -0.3 is 19.7 Å². The van der Waals surface area contributed by atoms with Crippen molar-refractivity contribution in [3.8, 4) is 11.3 Å². The Kier molecular flexibility index (Phi) is 9.17. The molecule has 0 aliphatic carbocycles. The number of hydrogen-bond donors (Lipinski definition) is 1. The van der Waals surface area contributed by atoms with Crippen LogP contribution in [0.25, 0.3) is 11.3 Å². The molecule has 1 N–H and O–H groups in total. The first-order chi connectivity index (χ1) is 20.9. The second-order valence-electron chi connectivity index (χ2n) is 11.2. The highest BCUT2D eigenvalue weighted by molar-refractivity contribution is 6.02. The van der Waals surface area contributed by atoms with E-state index in [-0.39, 0.29) is 18.8 Å². The normalized spacial score (nSPS) is 16.4. The lowest BCUT2D eigenvalue weighted by atomic mass is 9.99. The Balaban J connectivity index is 1.74. The average Bonchev–Trinajstić information content (AvgIpc) is 3.00. The lowest BCUT2D eigenvalue weighted by molar-refractivity contribution is -0.137. The summed E-state index contributed by atoms with van der Waals surface area (Å²) in [7, 11) is 0. The summed E-state index contributed by atoms with van der Waals surface area (Å²) in [5.41, 5.74) is -2.95. The van der Waals surface area contributed by atoms with Crippen molar-refractivity contribution in [2.24, 2.45) is 0 Å². The van der Waals surface area contributed by atoms with Gasteiger partial charge >= 0.3 is 18.2 Å². The number of fused-ring (bicyclic) bond motifs is 1. The zero-order valence-corrected chi connectivity index (χ0v) is 24.6. The summed E-state index contributed by atoms with van der Waals surface area (Å²) in [6.45, 7) is 5.60. The van der Waals surface area contributed by atoms with Gasteiger partial charge in [-0.05, 0) is 57.5 Å². The SMILES string of the molecule is CCOC(=O)c1cc2c(cc1F)C(F)(F)CC(NC(=O)OC(C)(C)C)C(=O)N2Cc1ccc(-c2ccc(C(F)(F)F)cn2)cc1. The van der Waals surface area contributed by atoms with E-state index in [4.69, 9.17) is 9.47 Å². The molecule has 1 aliphatic heterocycles. The molecule has 240 valence electrons. The van der Waals surface area contributed by atoms with Gasteiger partial charge in [0.2, 0.25) is 5.91 Å². The second kappa shape index (κ2) is 12.4. The number of nitrogens with one attached hydrogen (secondary N) is 1. The highest BCUT2D eigenvalue weighted by Crippen LogP contribution is 2.44. The Morgan fingerprint density at radius 2 is 1.73 bits per heavy atom. The monoisotopic (exact) mass is 637 g/mol. The molecule has 45 heavy (non-hydrogen) atoms. The number of nitrogens with zero attached hydrogens (tertiary/aromatic N) is 2. The third-order valence-electron chi connectivity index (χ3n) is 6.66. The minimum Gasteiger partial charge on any atom is -0.462 e. The van der Waals surface area contributed by atoms with Crippen LogP contribution in [0, 0.1) is 5.82 Å². The summed E-state index contributed by atoms with van der Waals surface area (Å²) in [4.78, 5) is 43.5. The Bertz CT molecular complexity index is 1590. The minimum atomic E-state index is -4.56. The van der Waals surface area contributed by atoms with Gasteiger partial charge in [0.15, 0.2) is 0 Å². The van der Waals surface area contributed by atoms with Crippen LogP contribution in [0.5, 0.6) is 0 Å². The summed E-state index contributed by atoms with van der Waals surface area (Å²) >= 11 is 0. The van der Waals surface area contributed by atoms with Crippen molar-refractivity contribution in [2.45, 2.75) is 64.4 Å². The number of carbonyl (C=O) groups excluding carboxylic acids is 3. The zero-order chi connectivity index (χ0) is 33.3. The van der Waals surface area contributed by atoms with Gasteiger partial charge in [0.1, 0.15) is 17.5 Å². The van der Waals surface area contributed by atoms with Crippen molar-refractivity contribution < 1.29 is 50.2 Å². The molecule has 3 aromatic rings. The molecule has 1 atom stereocenters. The highest BCUT2D eigenvalue weighted by atomic mass is 19.4. The van der Waals surface area contributed by atoms with Gasteiger partial charge in [-0.3, -0.25) is 9.78 Å². The van der Waals surface area contributed by atoms with Crippen LogP contribution < -0.4 is 10.2 Å². The first-order valence-corrected chi connectivity index (χ1v) is 13.7. The van der Waals surface area contributed by atoms with Crippen LogP contribution >= 0.6 is 0 Å². The van der Waals surface area contributed by atoms with Crippen molar-refractivity contribution in [1.82, 2.24) is 10.3 Å². The number of esters is 1. The van der Waals surface area contributed by atoms with Gasteiger partial charge in [0, 0.05) is 23.7 Å². The molecule has 1 unspecified atom stereocenters. The number of halogens is 6. The maximum atomic E-state index is 15.7. The van der Waals surface area contributed by atoms with Crippen molar-refractivity contribution >= 4 is 23.7 Å². The third-order valence-corrected chi connectivity index (χ3v) is 6.66. The van der Waals surface area contributed by atoms with Crippen molar-refractivity contribution in [2.75, 3.05) is 11.5 Å². The van der Waals surface area contributed by atoms with E-state index < -0.39 is 76.3 Å². The van der Waals surface area contributed by atoms with Gasteiger partial charge in [-0.25, -0.2) is 22.8 Å². The second-order valence-corrected chi connectivity index (χ2v) is 11.2. The number of aromatic nitrogens is 1. The van der Waals surface area contributed by atoms with Gasteiger partial charge in [0.05, 0.1) is 35.7 Å². The van der Waals surface area contributed by atoms with Gasteiger partial charge in [0.25, 0.3) is 5.92 Å². The van der Waals surface area contributed by atoms with Crippen LogP contribution in [0.3, 0.4) is 0 Å². The maximum absolute atomic E-state index is 15.7. The van der Waals surface area contributed by atoms with Gasteiger partial charge in [-0.1, -0.05) is 24.3 Å². The number of alkyl carbamates (subject to hydrolysis) is 1. The van der Waals surface area contributed by atoms with Crippen molar-refractivity contribution in [1.29, 1.82) is 0 Å². The molecule has 2 heterocycles. The van der Waals surface area contributed by atoms with Crippen LogP contribution in [-0.4, -0.2) is 41.2 Å². The number of amides is 2. The van der Waals surface area contributed by atoms with E-state index in [9.17, 15) is 31.9 Å². The van der Waals surface area contributed by atoms with Crippen LogP contribution in [0.4, 0.5) is 36.8 Å². The topological polar surface area (TPSA) is 97.8 Å². The Labute approximate surface area is 254 Å². The van der Waals surface area contributed by atoms with Crippen LogP contribution in [0.2, 0.25) is 0 Å². The minimum absolute atomic E-state index is 0.129. The highest BCUT2D eigenvalue weighted by Gasteiger charge is 2.47. The predicted molar refractivity (Wildman–Crippen MR) is 150 cm³/mol. The van der Waals surface area contributed by atoms with E-state index >= 15 is 8.78 Å². The molecule has 0 spiro atoms. The molecule has 1 aromatic heterocycles. The molecule has 8 nitrogen and oxygen atoms in total. The third kappa shape index (κ3) is 7.73. The maximum Gasteiger partial charge on any atom is 0.417 e. The zero-order valence-electron chi connectivity index (χ0n) is 24.6. The average molecular weight is 638 g/mol. The van der Waals surface area contributed by atoms with Crippen LogP contribution in [0.15, 0.2) is 54.7 Å². The molecule has 0 saturated heterocycles. The lowest BCUT2D eigenvalue weighted by Crippen LogP contribution is -2.49. The predicted octanol–water partition coefficient (Wildman–Crippen LogP) is 7.01. The number of pyridine rings is 1. The molecule has 0 fully saturated rings. The quantitative estimate of drug-likeness (QED) is 0.231. The fraction of sp³-hybridized carbons (Fsp3) is 0.355. The molecular formula is C31H29F6N3O5. The van der Waals surface area contributed by atoms with Crippen LogP contribution in [0.1, 0.15) is 61.2 Å². The summed E-state index contributed by atoms with van der Waals surface area (Å²) in [5.74, 6) is -7.25. The molecule has 0 saturated carbocycles. The Hall–Kier alpha value is -4.62. The fourth-order valence-corrected chi connectivity index (χ4v) is 4.63. The molecule has 14 heteroatoms. The molecule has 2 amide bonds. The molecular weight excluding hydrogens is 608 g/mol. The molecule has 0 bridgehead atoms. The lowest BCUT2D eigenvalue weighted by Gasteiger charge is -2.27. The summed E-state index contributed by atoms with van der Waals surface area (Å²) in [6, 6.07) is 7.54. The van der Waals surface area contributed by atoms with E-state index in [1.54, 1.807) is 20.8 Å². The summed E-state index contributed by atoms with van der Waals surface area (Å²) < 4.78 is 95.0. The molecule has 1 aliphatic rings. The number of hydrogen-bond acceptors (Lipinski definition) is 6. The number of alkyl halides is 5. The summed E-state index contributed by atoms with van der Waals surface area (Å²) in [5, 5.41) is 2.18. The standard InChI is InChI=1S/C31H29F6N3O5/c1-5-44-27(42)20-12-25-21(13-22(20)32)30(33,34)14-24(39-28(43)45-29(2,3)4)26(41)40(25)16-17-6-8-18(9-7-17)23-11-10-19(15-38-23)31(35,36)37/h6-13,15,24H,5,14,16H2,1-4H3,(H,39,43). The van der Waals surface area contributed by atoms with E-state index in [0.29, 0.717) is 23.4 Å². The first kappa shape index (κ1) is 33.3. The number of anilines is 1. The molecule has 0 radical (unpaired) electrons. The smallest absolute Gasteiger partial charge is 0.417 e. The van der Waals surface area contributed by atoms with E-state index in [0.717, 1.165) is 17.0 Å². The Morgan fingerprint density at radius 1 is 1.07 bits per heavy atom. The Morgan fingerprint density at radius 3 is 2.29 bits per heavy atom. The van der Waals surface area contributed by atoms with Crippen molar-refractivity contribution in [3.63, 3.8) is 0 Å². The summed E-state index contributed by atoms with van der Waals surface area (Å²) in [6.07, 6.45) is -6.23. The number of ether oxygens (including phenoxy) is 2. The van der Waals surface area contributed by atoms with Gasteiger partial charge in [-0.15, -0.1) is 0 Å². The van der Waals surface area contributed by atoms with E-state index in [1.807, 2.05) is 0 Å². The molecule has 4 rings (SSSR count). The van der Waals surface area contributed by atoms with Gasteiger partial charge in [-0.2, -0.15) is 13.2 Å². The van der Waals surface area contributed by atoms with E-state index in [2.05, 4.69) is 10.3 Å². The number of rotatable bonds is 6. The fourth-order valence-electron chi connectivity index (χ4n) is 4.63. The first-order valence-electron chi connectivity index (χ1n) is 13.7. The number of benzene rings is 2.